The first-order valence-electron chi connectivity index (χ1n) is 6.82. The Labute approximate surface area is 135 Å². The first-order chi connectivity index (χ1) is 11.1. The summed E-state index contributed by atoms with van der Waals surface area (Å²) in [6.45, 7) is 0.173. The molecule has 1 aromatic carbocycles. The Morgan fingerprint density at radius 1 is 1.30 bits per heavy atom. The van der Waals surface area contributed by atoms with Gasteiger partial charge < -0.3 is 14.4 Å². The first-order valence-corrected chi connectivity index (χ1v) is 7.19. The van der Waals surface area contributed by atoms with Crippen LogP contribution in [0.4, 0.5) is 0 Å². The zero-order chi connectivity index (χ0) is 16.2. The van der Waals surface area contributed by atoms with E-state index in [-0.39, 0.29) is 19.4 Å². The predicted octanol–water partition coefficient (Wildman–Crippen LogP) is 2.87. The third-order valence-corrected chi connectivity index (χ3v) is 3.45. The van der Waals surface area contributed by atoms with E-state index in [1.807, 2.05) is 0 Å². The molecular formula is C15H12ClN3O4. The molecule has 0 bridgehead atoms. The summed E-state index contributed by atoms with van der Waals surface area (Å²) in [6.07, 6.45) is 3.50. The summed E-state index contributed by atoms with van der Waals surface area (Å²) in [5.74, 6) is 0.0611. The highest BCUT2D eigenvalue weighted by Gasteiger charge is 2.14. The number of hydrogen-bond donors (Lipinski definition) is 1. The Hall–Kier alpha value is -2.67. The number of hydrogen-bond acceptors (Lipinski definition) is 6. The summed E-state index contributed by atoms with van der Waals surface area (Å²) in [5, 5.41) is 13.7. The standard InChI is InChI=1S/C15H12ClN3O4/c16-10-6-9-11(2-3-15(20)21)19-23-12(9)7-13(10)22-8-14-17-4-1-5-18-14/h1,4-7H,2-3,8H2,(H,20,21). The second kappa shape index (κ2) is 6.62. The number of rotatable bonds is 6. The van der Waals surface area contributed by atoms with Crippen LogP contribution in [0, 0.1) is 0 Å². The van der Waals surface area contributed by atoms with Gasteiger partial charge in [-0.15, -0.1) is 0 Å². The molecule has 8 heteroatoms. The van der Waals surface area contributed by atoms with Gasteiger partial charge in [0.25, 0.3) is 0 Å². The molecule has 0 aliphatic heterocycles. The second-order valence-corrected chi connectivity index (χ2v) is 5.16. The highest BCUT2D eigenvalue weighted by molar-refractivity contribution is 6.32. The zero-order valence-corrected chi connectivity index (χ0v) is 12.7. The van der Waals surface area contributed by atoms with E-state index in [0.717, 1.165) is 0 Å². The SMILES string of the molecule is O=C(O)CCc1noc2cc(OCc3ncccn3)c(Cl)cc12. The van der Waals surface area contributed by atoms with Crippen LogP contribution in [-0.2, 0) is 17.8 Å². The lowest BCUT2D eigenvalue weighted by atomic mass is 10.1. The average molecular weight is 334 g/mol. The fourth-order valence-electron chi connectivity index (χ4n) is 2.05. The van der Waals surface area contributed by atoms with E-state index in [1.54, 1.807) is 30.6 Å². The van der Waals surface area contributed by atoms with E-state index < -0.39 is 5.97 Å². The van der Waals surface area contributed by atoms with Crippen molar-refractivity contribution in [2.75, 3.05) is 0 Å². The van der Waals surface area contributed by atoms with Crippen LogP contribution in [0.3, 0.4) is 0 Å². The number of halogens is 1. The number of carboxylic acid groups (broad SMARTS) is 1. The second-order valence-electron chi connectivity index (χ2n) is 4.76. The number of aromatic nitrogens is 3. The lowest BCUT2D eigenvalue weighted by Gasteiger charge is -2.06. The summed E-state index contributed by atoms with van der Waals surface area (Å²) >= 11 is 6.21. The largest absolute Gasteiger partial charge is 0.484 e. The monoisotopic (exact) mass is 333 g/mol. The van der Waals surface area contributed by atoms with Crippen LogP contribution in [-0.4, -0.2) is 26.2 Å². The molecule has 0 unspecified atom stereocenters. The van der Waals surface area contributed by atoms with Gasteiger partial charge in [-0.05, 0) is 12.1 Å². The number of carboxylic acids is 1. The topological polar surface area (TPSA) is 98.3 Å². The molecule has 3 aromatic rings. The minimum Gasteiger partial charge on any atom is -0.484 e. The fourth-order valence-corrected chi connectivity index (χ4v) is 2.27. The number of carbonyl (C=O) groups is 1. The van der Waals surface area contributed by atoms with Gasteiger partial charge in [-0.2, -0.15) is 0 Å². The fraction of sp³-hybridized carbons (Fsp3) is 0.200. The summed E-state index contributed by atoms with van der Waals surface area (Å²) < 4.78 is 10.8. The Balaban J connectivity index is 1.80. The quantitative estimate of drug-likeness (QED) is 0.740. The molecule has 1 N–H and O–H groups in total. The molecule has 118 valence electrons. The molecule has 0 aliphatic carbocycles. The number of ether oxygens (including phenoxy) is 1. The average Bonchev–Trinajstić information content (AvgIpc) is 2.93. The zero-order valence-electron chi connectivity index (χ0n) is 11.9. The van der Waals surface area contributed by atoms with Gasteiger partial charge in [0.1, 0.15) is 12.4 Å². The van der Waals surface area contributed by atoms with Crippen LogP contribution < -0.4 is 4.74 Å². The van der Waals surface area contributed by atoms with Gasteiger partial charge in [0.15, 0.2) is 11.4 Å². The van der Waals surface area contributed by atoms with Gasteiger partial charge in [-0.1, -0.05) is 16.8 Å². The van der Waals surface area contributed by atoms with E-state index in [2.05, 4.69) is 15.1 Å². The highest BCUT2D eigenvalue weighted by Crippen LogP contribution is 2.32. The predicted molar refractivity (Wildman–Crippen MR) is 81.3 cm³/mol. The van der Waals surface area contributed by atoms with Crippen LogP contribution in [0.25, 0.3) is 11.0 Å². The van der Waals surface area contributed by atoms with Gasteiger partial charge in [0.05, 0.1) is 17.1 Å². The Kier molecular flexibility index (Phi) is 4.38. The molecular weight excluding hydrogens is 322 g/mol. The van der Waals surface area contributed by atoms with E-state index in [1.165, 1.54) is 0 Å². The molecule has 2 aromatic heterocycles. The molecule has 2 heterocycles. The van der Waals surface area contributed by atoms with Gasteiger partial charge in [-0.3, -0.25) is 4.79 Å². The summed E-state index contributed by atoms with van der Waals surface area (Å²) in [4.78, 5) is 18.8. The van der Waals surface area contributed by atoms with Gasteiger partial charge >= 0.3 is 5.97 Å². The van der Waals surface area contributed by atoms with Crippen molar-refractivity contribution < 1.29 is 19.2 Å². The third-order valence-electron chi connectivity index (χ3n) is 3.15. The van der Waals surface area contributed by atoms with E-state index in [0.29, 0.717) is 33.3 Å². The van der Waals surface area contributed by atoms with Crippen LogP contribution in [0.15, 0.2) is 35.1 Å². The summed E-state index contributed by atoms with van der Waals surface area (Å²) in [7, 11) is 0. The molecule has 0 fully saturated rings. The van der Waals surface area contributed by atoms with Crippen molar-refractivity contribution in [3.8, 4) is 5.75 Å². The molecule has 0 spiro atoms. The molecule has 0 radical (unpaired) electrons. The van der Waals surface area contributed by atoms with E-state index >= 15 is 0 Å². The molecule has 0 aliphatic rings. The summed E-state index contributed by atoms with van der Waals surface area (Å²) in [6, 6.07) is 5.00. The summed E-state index contributed by atoms with van der Waals surface area (Å²) in [5.41, 5.74) is 1.04. The van der Waals surface area contributed by atoms with Crippen molar-refractivity contribution >= 4 is 28.5 Å². The molecule has 0 saturated heterocycles. The number of aliphatic carboxylic acids is 1. The maximum absolute atomic E-state index is 10.7. The van der Waals surface area contributed by atoms with Crippen molar-refractivity contribution in [2.24, 2.45) is 0 Å². The van der Waals surface area contributed by atoms with Gasteiger partial charge in [0, 0.05) is 30.3 Å². The molecule has 3 rings (SSSR count). The normalized spacial score (nSPS) is 10.8. The van der Waals surface area contributed by atoms with Crippen molar-refractivity contribution in [1.82, 2.24) is 15.1 Å². The van der Waals surface area contributed by atoms with E-state index in [9.17, 15) is 4.79 Å². The van der Waals surface area contributed by atoms with Crippen molar-refractivity contribution in [3.63, 3.8) is 0 Å². The molecule has 0 amide bonds. The molecule has 23 heavy (non-hydrogen) atoms. The highest BCUT2D eigenvalue weighted by atomic mass is 35.5. The van der Waals surface area contributed by atoms with Gasteiger partial charge in [0.2, 0.25) is 0 Å². The van der Waals surface area contributed by atoms with Crippen molar-refractivity contribution in [1.29, 1.82) is 0 Å². The Morgan fingerprint density at radius 2 is 2.09 bits per heavy atom. The lowest BCUT2D eigenvalue weighted by molar-refractivity contribution is -0.136. The number of nitrogens with zero attached hydrogens (tertiary/aromatic N) is 3. The molecule has 0 saturated carbocycles. The number of aryl methyl sites for hydroxylation is 1. The molecule has 0 atom stereocenters. The smallest absolute Gasteiger partial charge is 0.303 e. The maximum atomic E-state index is 10.7. The minimum atomic E-state index is -0.893. The third kappa shape index (κ3) is 3.57. The van der Waals surface area contributed by atoms with Crippen molar-refractivity contribution in [3.05, 3.63) is 47.1 Å². The van der Waals surface area contributed by atoms with E-state index in [4.69, 9.17) is 26.0 Å². The first kappa shape index (κ1) is 15.2. The van der Waals surface area contributed by atoms with Crippen LogP contribution in [0.5, 0.6) is 5.75 Å². The maximum Gasteiger partial charge on any atom is 0.303 e. The van der Waals surface area contributed by atoms with Gasteiger partial charge in [-0.25, -0.2) is 9.97 Å². The van der Waals surface area contributed by atoms with Crippen LogP contribution in [0.2, 0.25) is 5.02 Å². The number of benzene rings is 1. The van der Waals surface area contributed by atoms with Crippen LogP contribution >= 0.6 is 11.6 Å². The Bertz CT molecular complexity index is 835. The van der Waals surface area contributed by atoms with Crippen LogP contribution in [0.1, 0.15) is 17.9 Å². The number of fused-ring (bicyclic) bond motifs is 1. The molecule has 7 nitrogen and oxygen atoms in total. The van der Waals surface area contributed by atoms with Crippen molar-refractivity contribution in [2.45, 2.75) is 19.4 Å². The Morgan fingerprint density at radius 3 is 2.83 bits per heavy atom. The lowest BCUT2D eigenvalue weighted by Crippen LogP contribution is -2.00. The minimum absolute atomic E-state index is 0.0250.